The molecule has 1 aliphatic rings. The Bertz CT molecular complexity index is 2760. The first-order valence-electron chi connectivity index (χ1n) is 17.5. The standard InChI is InChI=1S/C48H34N2S/c1-48(2)42-18-10-8-14-37(42)38-29-28-36(30-43(38)48)50(34-24-20-32(21-25-34)31-12-4-3-5-13-31)35-26-22-33(23-27-35)46-40-16-7-6-15-39(40)45-41-17-9-11-19-44(41)51-47(45)49-46/h3-30H,1-2H3. The van der Waals surface area contributed by atoms with E-state index >= 15 is 0 Å². The van der Waals surface area contributed by atoms with Gasteiger partial charge in [-0.15, -0.1) is 11.3 Å². The quantitative estimate of drug-likeness (QED) is 0.181. The fourth-order valence-corrected chi connectivity index (χ4v) is 9.24. The Balaban J connectivity index is 1.11. The van der Waals surface area contributed by atoms with Gasteiger partial charge < -0.3 is 4.90 Å². The average Bonchev–Trinajstić information content (AvgIpc) is 3.67. The molecular weight excluding hydrogens is 637 g/mol. The maximum atomic E-state index is 5.32. The SMILES string of the molecule is CC1(C)c2ccccc2-c2ccc(N(c3ccc(-c4ccccc4)cc3)c3ccc(-c4nc5sc6ccccc6c5c5ccccc45)cc3)cc21. The van der Waals surface area contributed by atoms with Gasteiger partial charge in [0.2, 0.25) is 0 Å². The van der Waals surface area contributed by atoms with Gasteiger partial charge in [0.25, 0.3) is 0 Å². The van der Waals surface area contributed by atoms with Gasteiger partial charge in [0, 0.05) is 48.9 Å². The van der Waals surface area contributed by atoms with Gasteiger partial charge in [0.15, 0.2) is 0 Å². The molecule has 2 nitrogen and oxygen atoms in total. The molecule has 2 heterocycles. The van der Waals surface area contributed by atoms with Crippen molar-refractivity contribution in [2.75, 3.05) is 4.90 Å². The first-order chi connectivity index (χ1) is 25.0. The van der Waals surface area contributed by atoms with Crippen LogP contribution in [0.1, 0.15) is 25.0 Å². The summed E-state index contributed by atoms with van der Waals surface area (Å²) in [6.07, 6.45) is 0. The van der Waals surface area contributed by atoms with Gasteiger partial charge in [0.1, 0.15) is 4.83 Å². The molecule has 3 heteroatoms. The summed E-state index contributed by atoms with van der Waals surface area (Å²) in [5, 5.41) is 4.95. The first kappa shape index (κ1) is 29.8. The molecule has 51 heavy (non-hydrogen) atoms. The number of thiophene rings is 1. The molecule has 0 saturated heterocycles. The van der Waals surface area contributed by atoms with E-state index in [2.05, 4.69) is 189 Å². The third kappa shape index (κ3) is 4.73. The van der Waals surface area contributed by atoms with Crippen molar-refractivity contribution in [2.45, 2.75) is 19.3 Å². The van der Waals surface area contributed by atoms with Gasteiger partial charge >= 0.3 is 0 Å². The van der Waals surface area contributed by atoms with Crippen LogP contribution in [0.5, 0.6) is 0 Å². The van der Waals surface area contributed by atoms with E-state index in [0.29, 0.717) is 0 Å². The number of pyridine rings is 1. The van der Waals surface area contributed by atoms with E-state index in [-0.39, 0.29) is 5.41 Å². The Hall–Kier alpha value is -6.03. The van der Waals surface area contributed by atoms with Crippen LogP contribution >= 0.6 is 11.3 Å². The second-order valence-corrected chi connectivity index (χ2v) is 15.0. The highest BCUT2D eigenvalue weighted by atomic mass is 32.1. The molecule has 0 radical (unpaired) electrons. The summed E-state index contributed by atoms with van der Waals surface area (Å²) >= 11 is 1.77. The minimum Gasteiger partial charge on any atom is -0.310 e. The summed E-state index contributed by atoms with van der Waals surface area (Å²) in [4.78, 5) is 8.79. The van der Waals surface area contributed by atoms with Crippen LogP contribution in [-0.2, 0) is 5.41 Å². The van der Waals surface area contributed by atoms with Crippen LogP contribution in [0, 0.1) is 0 Å². The highest BCUT2D eigenvalue weighted by Gasteiger charge is 2.35. The molecule has 0 aliphatic heterocycles. The summed E-state index contributed by atoms with van der Waals surface area (Å²) in [5.74, 6) is 0. The lowest BCUT2D eigenvalue weighted by Gasteiger charge is -2.28. The highest BCUT2D eigenvalue weighted by molar-refractivity contribution is 7.25. The van der Waals surface area contributed by atoms with Crippen molar-refractivity contribution in [1.29, 1.82) is 0 Å². The van der Waals surface area contributed by atoms with E-state index in [4.69, 9.17) is 4.98 Å². The molecule has 0 saturated carbocycles. The summed E-state index contributed by atoms with van der Waals surface area (Å²) < 4.78 is 1.27. The minimum absolute atomic E-state index is 0.0907. The molecule has 0 fully saturated rings. The van der Waals surface area contributed by atoms with Gasteiger partial charge in [-0.25, -0.2) is 4.98 Å². The normalized spacial score (nSPS) is 13.1. The smallest absolute Gasteiger partial charge is 0.125 e. The third-order valence-electron chi connectivity index (χ3n) is 10.7. The lowest BCUT2D eigenvalue weighted by Crippen LogP contribution is -2.16. The zero-order chi connectivity index (χ0) is 34.1. The third-order valence-corrected chi connectivity index (χ3v) is 11.8. The maximum Gasteiger partial charge on any atom is 0.125 e. The Morgan fingerprint density at radius 1 is 0.471 bits per heavy atom. The van der Waals surface area contributed by atoms with Crippen molar-refractivity contribution in [3.05, 3.63) is 181 Å². The van der Waals surface area contributed by atoms with Crippen molar-refractivity contribution in [2.24, 2.45) is 0 Å². The van der Waals surface area contributed by atoms with Crippen molar-refractivity contribution in [1.82, 2.24) is 4.98 Å². The van der Waals surface area contributed by atoms with Crippen molar-refractivity contribution in [3.8, 4) is 33.5 Å². The van der Waals surface area contributed by atoms with E-state index in [1.165, 1.54) is 59.6 Å². The van der Waals surface area contributed by atoms with E-state index in [1.807, 2.05) is 0 Å². The van der Waals surface area contributed by atoms with E-state index in [9.17, 15) is 0 Å². The Morgan fingerprint density at radius 2 is 1.04 bits per heavy atom. The largest absolute Gasteiger partial charge is 0.310 e. The minimum atomic E-state index is -0.0907. The summed E-state index contributed by atoms with van der Waals surface area (Å²) in [5.41, 5.74) is 13.2. The number of nitrogens with zero attached hydrogens (tertiary/aromatic N) is 2. The zero-order valence-corrected chi connectivity index (χ0v) is 29.3. The second-order valence-electron chi connectivity index (χ2n) is 14.0. The predicted molar refractivity (Wildman–Crippen MR) is 218 cm³/mol. The molecule has 2 aromatic heterocycles. The fraction of sp³-hybridized carbons (Fsp3) is 0.0625. The van der Waals surface area contributed by atoms with E-state index in [0.717, 1.165) is 33.1 Å². The molecule has 10 rings (SSSR count). The molecule has 0 unspecified atom stereocenters. The number of anilines is 3. The number of benzene rings is 7. The molecule has 0 amide bonds. The van der Waals surface area contributed by atoms with Crippen LogP contribution in [0.15, 0.2) is 170 Å². The summed E-state index contributed by atoms with van der Waals surface area (Å²) in [7, 11) is 0. The van der Waals surface area contributed by atoms with E-state index < -0.39 is 0 Å². The highest BCUT2D eigenvalue weighted by Crippen LogP contribution is 2.51. The van der Waals surface area contributed by atoms with Crippen LogP contribution in [0.2, 0.25) is 0 Å². The molecule has 1 aliphatic carbocycles. The first-order valence-corrected chi connectivity index (χ1v) is 18.4. The molecular formula is C48H34N2S. The van der Waals surface area contributed by atoms with Crippen molar-refractivity contribution < 1.29 is 0 Å². The van der Waals surface area contributed by atoms with Gasteiger partial charge in [-0.2, -0.15) is 0 Å². The van der Waals surface area contributed by atoms with Crippen LogP contribution < -0.4 is 4.90 Å². The van der Waals surface area contributed by atoms with Crippen LogP contribution in [0.4, 0.5) is 17.1 Å². The van der Waals surface area contributed by atoms with Crippen LogP contribution in [0.3, 0.4) is 0 Å². The zero-order valence-electron chi connectivity index (χ0n) is 28.5. The molecule has 7 aromatic carbocycles. The molecule has 242 valence electrons. The van der Waals surface area contributed by atoms with Gasteiger partial charge in [-0.1, -0.05) is 141 Å². The number of hydrogen-bond acceptors (Lipinski definition) is 3. The second kappa shape index (κ2) is 11.5. The lowest BCUT2D eigenvalue weighted by molar-refractivity contribution is 0.660. The van der Waals surface area contributed by atoms with Crippen LogP contribution in [0.25, 0.3) is 64.6 Å². The molecule has 9 aromatic rings. The summed E-state index contributed by atoms with van der Waals surface area (Å²) in [6.45, 7) is 4.69. The van der Waals surface area contributed by atoms with E-state index in [1.54, 1.807) is 11.3 Å². The van der Waals surface area contributed by atoms with Crippen molar-refractivity contribution >= 4 is 59.5 Å². The molecule has 0 spiro atoms. The number of hydrogen-bond donors (Lipinski definition) is 0. The number of aromatic nitrogens is 1. The van der Waals surface area contributed by atoms with Gasteiger partial charge in [0.05, 0.1) is 5.69 Å². The molecule has 0 N–H and O–H groups in total. The Labute approximate surface area is 301 Å². The van der Waals surface area contributed by atoms with Gasteiger partial charge in [-0.3, -0.25) is 0 Å². The Morgan fingerprint density at radius 3 is 1.80 bits per heavy atom. The lowest BCUT2D eigenvalue weighted by atomic mass is 9.82. The van der Waals surface area contributed by atoms with Crippen molar-refractivity contribution in [3.63, 3.8) is 0 Å². The molecule has 0 atom stereocenters. The van der Waals surface area contributed by atoms with Gasteiger partial charge in [-0.05, 0) is 81.2 Å². The molecule has 0 bridgehead atoms. The maximum absolute atomic E-state index is 5.32. The average molecular weight is 671 g/mol. The number of rotatable bonds is 5. The topological polar surface area (TPSA) is 16.1 Å². The van der Waals surface area contributed by atoms with Crippen LogP contribution in [-0.4, -0.2) is 4.98 Å². The Kier molecular flexibility index (Phi) is 6.74. The monoisotopic (exact) mass is 670 g/mol. The summed E-state index contributed by atoms with van der Waals surface area (Å²) in [6, 6.07) is 61.7. The predicted octanol–water partition coefficient (Wildman–Crippen LogP) is 13.7. The number of fused-ring (bicyclic) bond motifs is 8. The fourth-order valence-electron chi connectivity index (χ4n) is 8.14.